The van der Waals surface area contributed by atoms with Crippen LogP contribution in [0.2, 0.25) is 0 Å². The summed E-state index contributed by atoms with van der Waals surface area (Å²) in [5.41, 5.74) is 5.04. The van der Waals surface area contributed by atoms with E-state index in [1.807, 2.05) is 4.90 Å². The first kappa shape index (κ1) is 19.0. The summed E-state index contributed by atoms with van der Waals surface area (Å²) in [5, 5.41) is 3.45. The number of piperidine rings is 1. The highest BCUT2D eigenvalue weighted by molar-refractivity contribution is 14.0. The monoisotopic (exact) mass is 431 g/mol. The number of likely N-dealkylation sites (tertiary alicyclic amines) is 1. The molecular weight excluding hydrogens is 410 g/mol. The quantitative estimate of drug-likeness (QED) is 0.445. The molecule has 0 aromatic carbocycles. The average Bonchev–Trinajstić information content (AvgIpc) is 2.77. The fourth-order valence-electron chi connectivity index (χ4n) is 2.56. The van der Waals surface area contributed by atoms with E-state index >= 15 is 0 Å². The van der Waals surface area contributed by atoms with Crippen LogP contribution in [0.25, 0.3) is 0 Å². The van der Waals surface area contributed by atoms with Crippen molar-refractivity contribution < 1.29 is 13.2 Å². The number of aliphatic imine (C=N–C) groups is 1. The van der Waals surface area contributed by atoms with Crippen LogP contribution in [-0.2, 0) is 19.8 Å². The highest BCUT2D eigenvalue weighted by Gasteiger charge is 2.36. The van der Waals surface area contributed by atoms with Gasteiger partial charge in [-0.3, -0.25) is 4.68 Å². The van der Waals surface area contributed by atoms with Gasteiger partial charge in [-0.1, -0.05) is 6.92 Å². The Hall–Kier alpha value is -1.00. The molecule has 0 spiro atoms. The maximum Gasteiger partial charge on any atom is 0.435 e. The number of aromatic nitrogens is 2. The van der Waals surface area contributed by atoms with Crippen LogP contribution in [0.4, 0.5) is 13.2 Å². The average molecular weight is 431 g/mol. The molecule has 1 fully saturated rings. The Morgan fingerprint density at radius 2 is 2.18 bits per heavy atom. The number of alkyl halides is 3. The molecule has 0 aliphatic carbocycles. The molecule has 22 heavy (non-hydrogen) atoms. The van der Waals surface area contributed by atoms with Gasteiger partial charge in [0.15, 0.2) is 11.7 Å². The van der Waals surface area contributed by atoms with Gasteiger partial charge < -0.3 is 10.6 Å². The summed E-state index contributed by atoms with van der Waals surface area (Å²) in [6.45, 7) is 3.62. The SMILES string of the molecule is CC1CCCN(C(N)=NCc2cn(C)nc2C(F)(F)F)C1.I. The van der Waals surface area contributed by atoms with Gasteiger partial charge in [-0.05, 0) is 18.8 Å². The first-order valence-corrected chi connectivity index (χ1v) is 6.92. The molecule has 1 aromatic heterocycles. The van der Waals surface area contributed by atoms with Crippen molar-refractivity contribution in [3.63, 3.8) is 0 Å². The number of aryl methyl sites for hydroxylation is 1. The zero-order chi connectivity index (χ0) is 15.6. The topological polar surface area (TPSA) is 59.4 Å². The Morgan fingerprint density at radius 3 is 2.77 bits per heavy atom. The lowest BCUT2D eigenvalue weighted by Gasteiger charge is -2.31. The zero-order valence-electron chi connectivity index (χ0n) is 12.6. The first-order valence-electron chi connectivity index (χ1n) is 6.92. The smallest absolute Gasteiger partial charge is 0.370 e. The number of nitrogens with two attached hydrogens (primary N) is 1. The minimum absolute atomic E-state index is 0. The summed E-state index contributed by atoms with van der Waals surface area (Å²) in [5.74, 6) is 0.829. The molecule has 9 heteroatoms. The molecule has 0 bridgehead atoms. The van der Waals surface area contributed by atoms with Crippen molar-refractivity contribution in [1.29, 1.82) is 0 Å². The summed E-state index contributed by atoms with van der Waals surface area (Å²) in [4.78, 5) is 6.04. The highest BCUT2D eigenvalue weighted by Crippen LogP contribution is 2.30. The van der Waals surface area contributed by atoms with Crippen LogP contribution in [0.5, 0.6) is 0 Å². The summed E-state index contributed by atoms with van der Waals surface area (Å²) in [6, 6.07) is 0. The predicted octanol–water partition coefficient (Wildman–Crippen LogP) is 2.60. The largest absolute Gasteiger partial charge is 0.435 e. The van der Waals surface area contributed by atoms with Crippen molar-refractivity contribution in [2.24, 2.45) is 23.7 Å². The van der Waals surface area contributed by atoms with Crippen LogP contribution in [-0.4, -0.2) is 33.7 Å². The van der Waals surface area contributed by atoms with Crippen LogP contribution in [0, 0.1) is 5.92 Å². The fraction of sp³-hybridized carbons (Fsp3) is 0.692. The predicted molar refractivity (Wildman–Crippen MR) is 88.9 cm³/mol. The molecule has 2 heterocycles. The summed E-state index contributed by atoms with van der Waals surface area (Å²) in [7, 11) is 1.46. The van der Waals surface area contributed by atoms with E-state index in [9.17, 15) is 13.2 Å². The molecule has 1 saturated heterocycles. The van der Waals surface area contributed by atoms with Crippen LogP contribution in [0.3, 0.4) is 0 Å². The maximum absolute atomic E-state index is 12.8. The number of rotatable bonds is 2. The van der Waals surface area contributed by atoms with Gasteiger partial charge in [-0.25, -0.2) is 4.99 Å². The third-order valence-corrected chi connectivity index (χ3v) is 3.57. The lowest BCUT2D eigenvalue weighted by atomic mass is 10.0. The van der Waals surface area contributed by atoms with Crippen molar-refractivity contribution in [3.05, 3.63) is 17.5 Å². The minimum atomic E-state index is -4.47. The Morgan fingerprint density at radius 1 is 1.50 bits per heavy atom. The fourth-order valence-corrected chi connectivity index (χ4v) is 2.56. The van der Waals surface area contributed by atoms with Crippen molar-refractivity contribution in [3.8, 4) is 0 Å². The van der Waals surface area contributed by atoms with Crippen molar-refractivity contribution in [2.75, 3.05) is 13.1 Å². The van der Waals surface area contributed by atoms with Crippen molar-refractivity contribution >= 4 is 29.9 Å². The lowest BCUT2D eigenvalue weighted by molar-refractivity contribution is -0.142. The second-order valence-electron chi connectivity index (χ2n) is 5.54. The minimum Gasteiger partial charge on any atom is -0.370 e. The zero-order valence-corrected chi connectivity index (χ0v) is 14.9. The molecule has 2 rings (SSSR count). The number of hydrogen-bond acceptors (Lipinski definition) is 2. The Balaban J connectivity index is 0.00000242. The molecule has 0 amide bonds. The molecule has 0 radical (unpaired) electrons. The van der Waals surface area contributed by atoms with Crippen LogP contribution in [0.15, 0.2) is 11.2 Å². The van der Waals surface area contributed by atoms with E-state index in [-0.39, 0.29) is 36.1 Å². The summed E-state index contributed by atoms with van der Waals surface area (Å²) < 4.78 is 39.6. The maximum atomic E-state index is 12.8. The molecule has 1 aliphatic rings. The second kappa shape index (κ2) is 7.51. The van der Waals surface area contributed by atoms with E-state index < -0.39 is 11.9 Å². The van der Waals surface area contributed by atoms with Crippen molar-refractivity contribution in [2.45, 2.75) is 32.5 Å². The molecule has 1 aliphatic heterocycles. The van der Waals surface area contributed by atoms with Gasteiger partial charge in [0.1, 0.15) is 0 Å². The summed E-state index contributed by atoms with van der Waals surface area (Å²) in [6.07, 6.45) is -0.971. The Labute approximate surface area is 144 Å². The highest BCUT2D eigenvalue weighted by atomic mass is 127. The van der Waals surface area contributed by atoms with Gasteiger partial charge in [0.25, 0.3) is 0 Å². The molecule has 5 nitrogen and oxygen atoms in total. The van der Waals surface area contributed by atoms with Gasteiger partial charge in [0, 0.05) is 31.9 Å². The number of guanidine groups is 1. The van der Waals surface area contributed by atoms with E-state index in [4.69, 9.17) is 5.73 Å². The van der Waals surface area contributed by atoms with E-state index in [0.29, 0.717) is 11.9 Å². The normalized spacial score (nSPS) is 20.0. The van der Waals surface area contributed by atoms with Gasteiger partial charge in [-0.2, -0.15) is 18.3 Å². The summed E-state index contributed by atoms with van der Waals surface area (Å²) >= 11 is 0. The molecule has 126 valence electrons. The van der Waals surface area contributed by atoms with Crippen molar-refractivity contribution in [1.82, 2.24) is 14.7 Å². The molecule has 2 N–H and O–H groups in total. The number of halogens is 4. The van der Waals surface area contributed by atoms with E-state index in [1.54, 1.807) is 0 Å². The Kier molecular flexibility index (Phi) is 6.50. The van der Waals surface area contributed by atoms with Gasteiger partial charge >= 0.3 is 6.18 Å². The molecule has 1 unspecified atom stereocenters. The first-order chi connectivity index (χ1) is 9.77. The standard InChI is InChI=1S/C13H20F3N5.HI/c1-9-4-3-5-21(7-9)12(17)18-6-10-8-20(2)19-11(10)13(14,15)16;/h8-9H,3-7H2,1-2H3,(H2,17,18);1H. The second-order valence-corrected chi connectivity index (χ2v) is 5.54. The van der Waals surface area contributed by atoms with Gasteiger partial charge in [0.05, 0.1) is 6.54 Å². The van der Waals surface area contributed by atoms with E-state index in [0.717, 1.165) is 30.6 Å². The van der Waals surface area contributed by atoms with Gasteiger partial charge in [-0.15, -0.1) is 24.0 Å². The van der Waals surface area contributed by atoms with Crippen LogP contribution >= 0.6 is 24.0 Å². The van der Waals surface area contributed by atoms with Crippen LogP contribution < -0.4 is 5.73 Å². The third-order valence-electron chi connectivity index (χ3n) is 3.57. The molecular formula is C13H21F3IN5. The number of nitrogens with zero attached hydrogens (tertiary/aromatic N) is 4. The third kappa shape index (κ3) is 4.75. The number of hydrogen-bond donors (Lipinski definition) is 1. The molecule has 1 atom stereocenters. The lowest BCUT2D eigenvalue weighted by Crippen LogP contribution is -2.43. The Bertz CT molecular complexity index is 526. The molecule has 1 aromatic rings. The van der Waals surface area contributed by atoms with E-state index in [1.165, 1.54) is 13.2 Å². The van der Waals surface area contributed by atoms with Crippen LogP contribution in [0.1, 0.15) is 31.0 Å². The van der Waals surface area contributed by atoms with E-state index in [2.05, 4.69) is 17.0 Å². The van der Waals surface area contributed by atoms with Gasteiger partial charge in [0.2, 0.25) is 0 Å². The molecule has 0 saturated carbocycles.